The van der Waals surface area contributed by atoms with Gasteiger partial charge in [0.25, 0.3) is 0 Å². The van der Waals surface area contributed by atoms with Crippen LogP contribution in [0.1, 0.15) is 32.6 Å². The van der Waals surface area contributed by atoms with Crippen LogP contribution in [-0.4, -0.2) is 18.8 Å². The Hall–Kier alpha value is -0.830. The Kier molecular flexibility index (Phi) is 3.48. The lowest BCUT2D eigenvalue weighted by Gasteiger charge is -2.23. The number of aliphatic imine (C=N–C) groups is 1. The van der Waals surface area contributed by atoms with E-state index in [1.165, 1.54) is 5.57 Å². The molecule has 74 valence electrons. The molecule has 1 saturated carbocycles. The van der Waals surface area contributed by atoms with E-state index >= 15 is 0 Å². The van der Waals surface area contributed by atoms with Crippen LogP contribution < -0.4 is 11.5 Å². The average molecular weight is 181 g/mol. The van der Waals surface area contributed by atoms with Gasteiger partial charge >= 0.3 is 0 Å². The second kappa shape index (κ2) is 4.42. The van der Waals surface area contributed by atoms with Crippen LogP contribution in [0.3, 0.4) is 0 Å². The van der Waals surface area contributed by atoms with Gasteiger partial charge in [-0.1, -0.05) is 6.92 Å². The molecule has 0 bridgehead atoms. The SMILES string of the molecule is CCC(N)=C1CCC(N)CC1=NC. The molecule has 0 aliphatic heterocycles. The molecule has 1 fully saturated rings. The highest BCUT2D eigenvalue weighted by molar-refractivity contribution is 6.01. The first-order valence-corrected chi connectivity index (χ1v) is 4.88. The van der Waals surface area contributed by atoms with Gasteiger partial charge in [-0.3, -0.25) is 4.99 Å². The van der Waals surface area contributed by atoms with Gasteiger partial charge in [0, 0.05) is 30.9 Å². The molecule has 0 radical (unpaired) electrons. The zero-order chi connectivity index (χ0) is 9.84. The second-order valence-electron chi connectivity index (χ2n) is 3.53. The summed E-state index contributed by atoms with van der Waals surface area (Å²) in [5.74, 6) is 0. The van der Waals surface area contributed by atoms with Crippen molar-refractivity contribution >= 4 is 5.71 Å². The first-order chi connectivity index (χ1) is 6.19. The van der Waals surface area contributed by atoms with E-state index in [-0.39, 0.29) is 6.04 Å². The minimum atomic E-state index is 0.270. The Labute approximate surface area is 79.9 Å². The van der Waals surface area contributed by atoms with Crippen LogP contribution in [0.15, 0.2) is 16.3 Å². The highest BCUT2D eigenvalue weighted by atomic mass is 14.7. The fourth-order valence-corrected chi connectivity index (χ4v) is 1.73. The molecule has 3 heteroatoms. The molecule has 0 heterocycles. The average Bonchev–Trinajstić information content (AvgIpc) is 2.16. The van der Waals surface area contributed by atoms with Gasteiger partial charge < -0.3 is 11.5 Å². The molecule has 3 nitrogen and oxygen atoms in total. The summed E-state index contributed by atoms with van der Waals surface area (Å²) < 4.78 is 0. The van der Waals surface area contributed by atoms with Crippen molar-refractivity contribution in [1.82, 2.24) is 0 Å². The summed E-state index contributed by atoms with van der Waals surface area (Å²) >= 11 is 0. The number of hydrogen-bond donors (Lipinski definition) is 2. The van der Waals surface area contributed by atoms with Gasteiger partial charge in [-0.25, -0.2) is 0 Å². The second-order valence-corrected chi connectivity index (χ2v) is 3.53. The van der Waals surface area contributed by atoms with Crippen molar-refractivity contribution in [1.29, 1.82) is 0 Å². The normalized spacial score (nSPS) is 30.7. The van der Waals surface area contributed by atoms with Gasteiger partial charge in [-0.2, -0.15) is 0 Å². The van der Waals surface area contributed by atoms with Crippen LogP contribution in [-0.2, 0) is 0 Å². The standard InChI is InChI=1S/C10H19N3/c1-3-9(12)8-5-4-7(11)6-10(8)13-2/h7H,3-6,11-12H2,1-2H3. The third-order valence-corrected chi connectivity index (χ3v) is 2.61. The number of nitrogens with two attached hydrogens (primary N) is 2. The van der Waals surface area contributed by atoms with Crippen LogP contribution in [0.25, 0.3) is 0 Å². The fourth-order valence-electron chi connectivity index (χ4n) is 1.73. The molecule has 0 aromatic rings. The summed E-state index contributed by atoms with van der Waals surface area (Å²) in [6.45, 7) is 2.07. The van der Waals surface area contributed by atoms with E-state index in [1.807, 2.05) is 7.05 Å². The molecule has 0 spiro atoms. The van der Waals surface area contributed by atoms with Crippen LogP contribution in [0.5, 0.6) is 0 Å². The summed E-state index contributed by atoms with van der Waals surface area (Å²) in [6, 6.07) is 0.270. The monoisotopic (exact) mass is 181 g/mol. The van der Waals surface area contributed by atoms with E-state index in [0.29, 0.717) is 0 Å². The van der Waals surface area contributed by atoms with Gasteiger partial charge in [-0.15, -0.1) is 0 Å². The van der Waals surface area contributed by atoms with Gasteiger partial charge in [-0.05, 0) is 24.8 Å². The smallest absolute Gasteiger partial charge is 0.0409 e. The molecule has 1 atom stereocenters. The van der Waals surface area contributed by atoms with E-state index < -0.39 is 0 Å². The molecular weight excluding hydrogens is 162 g/mol. The molecule has 0 aromatic carbocycles. The summed E-state index contributed by atoms with van der Waals surface area (Å²) in [5, 5.41) is 0. The summed E-state index contributed by atoms with van der Waals surface area (Å²) in [7, 11) is 1.82. The largest absolute Gasteiger partial charge is 0.402 e. The maximum atomic E-state index is 5.92. The van der Waals surface area contributed by atoms with Gasteiger partial charge in [0.05, 0.1) is 0 Å². The van der Waals surface area contributed by atoms with Gasteiger partial charge in [0.15, 0.2) is 0 Å². The zero-order valence-electron chi connectivity index (χ0n) is 8.51. The highest BCUT2D eigenvalue weighted by Gasteiger charge is 2.20. The summed E-state index contributed by atoms with van der Waals surface area (Å²) in [6.07, 6.45) is 3.82. The van der Waals surface area contributed by atoms with Crippen molar-refractivity contribution in [2.45, 2.75) is 38.6 Å². The lowest BCUT2D eigenvalue weighted by molar-refractivity contribution is 0.608. The zero-order valence-corrected chi connectivity index (χ0v) is 8.51. The Morgan fingerprint density at radius 3 is 2.85 bits per heavy atom. The Bertz CT molecular complexity index is 241. The van der Waals surface area contributed by atoms with Gasteiger partial charge in [0.1, 0.15) is 0 Å². The van der Waals surface area contributed by atoms with E-state index in [0.717, 1.165) is 37.1 Å². The van der Waals surface area contributed by atoms with E-state index in [9.17, 15) is 0 Å². The minimum absolute atomic E-state index is 0.270. The molecule has 13 heavy (non-hydrogen) atoms. The summed E-state index contributed by atoms with van der Waals surface area (Å²) in [5.41, 5.74) is 15.1. The lowest BCUT2D eigenvalue weighted by Crippen LogP contribution is -2.30. The van der Waals surface area contributed by atoms with E-state index in [4.69, 9.17) is 11.5 Å². The number of rotatable bonds is 1. The van der Waals surface area contributed by atoms with Crippen molar-refractivity contribution in [2.75, 3.05) is 7.05 Å². The molecule has 1 unspecified atom stereocenters. The third-order valence-electron chi connectivity index (χ3n) is 2.61. The van der Waals surface area contributed by atoms with E-state index in [1.54, 1.807) is 0 Å². The Morgan fingerprint density at radius 1 is 1.62 bits per heavy atom. The molecule has 1 aliphatic rings. The maximum Gasteiger partial charge on any atom is 0.0409 e. The number of hydrogen-bond acceptors (Lipinski definition) is 3. The first-order valence-electron chi connectivity index (χ1n) is 4.88. The minimum Gasteiger partial charge on any atom is -0.402 e. The molecule has 0 aromatic heterocycles. The van der Waals surface area contributed by atoms with Crippen molar-refractivity contribution in [3.8, 4) is 0 Å². The van der Waals surface area contributed by atoms with Crippen LogP contribution >= 0.6 is 0 Å². The topological polar surface area (TPSA) is 64.4 Å². The maximum absolute atomic E-state index is 5.92. The molecular formula is C10H19N3. The Balaban J connectivity index is 2.87. The number of allylic oxidation sites excluding steroid dienone is 2. The lowest BCUT2D eigenvalue weighted by atomic mass is 9.88. The van der Waals surface area contributed by atoms with Crippen LogP contribution in [0.2, 0.25) is 0 Å². The number of nitrogens with zero attached hydrogens (tertiary/aromatic N) is 1. The van der Waals surface area contributed by atoms with Crippen LogP contribution in [0.4, 0.5) is 0 Å². The molecule has 0 amide bonds. The fraction of sp³-hybridized carbons (Fsp3) is 0.700. The van der Waals surface area contributed by atoms with Crippen LogP contribution in [0, 0.1) is 0 Å². The van der Waals surface area contributed by atoms with Crippen molar-refractivity contribution in [2.24, 2.45) is 16.5 Å². The predicted octanol–water partition coefficient (Wildman–Crippen LogP) is 1.19. The van der Waals surface area contributed by atoms with Gasteiger partial charge in [0.2, 0.25) is 0 Å². The Morgan fingerprint density at radius 2 is 2.31 bits per heavy atom. The quantitative estimate of drug-likeness (QED) is 0.638. The van der Waals surface area contributed by atoms with E-state index in [2.05, 4.69) is 11.9 Å². The molecule has 4 N–H and O–H groups in total. The van der Waals surface area contributed by atoms with Crippen molar-refractivity contribution < 1.29 is 0 Å². The highest BCUT2D eigenvalue weighted by Crippen LogP contribution is 2.22. The summed E-state index contributed by atoms with van der Waals surface area (Å²) in [4.78, 5) is 4.25. The first kappa shape index (κ1) is 10.3. The van der Waals surface area contributed by atoms with Crippen molar-refractivity contribution in [3.63, 3.8) is 0 Å². The molecule has 1 aliphatic carbocycles. The predicted molar refractivity (Wildman–Crippen MR) is 56.7 cm³/mol. The molecule has 1 rings (SSSR count). The van der Waals surface area contributed by atoms with Crippen molar-refractivity contribution in [3.05, 3.63) is 11.3 Å². The molecule has 0 saturated heterocycles. The third kappa shape index (κ3) is 2.31.